The molecule has 4 heteroatoms. The lowest BCUT2D eigenvalue weighted by molar-refractivity contribution is -0.124. The number of halogens is 2. The van der Waals surface area contributed by atoms with E-state index in [9.17, 15) is 4.79 Å². The third kappa shape index (κ3) is 3.26. The Balaban J connectivity index is 2.88. The third-order valence-electron chi connectivity index (χ3n) is 2.24. The first-order valence-electron chi connectivity index (χ1n) is 4.93. The lowest BCUT2D eigenvalue weighted by atomic mass is 10.2. The van der Waals surface area contributed by atoms with Crippen LogP contribution in [0.15, 0.2) is 24.3 Å². The molecular formula is C12H13Cl2NO. The molecule has 1 aromatic carbocycles. The van der Waals surface area contributed by atoms with E-state index in [0.29, 0.717) is 22.2 Å². The molecule has 0 N–H and O–H groups in total. The summed E-state index contributed by atoms with van der Waals surface area (Å²) in [4.78, 5) is 13.1. The number of hydrogen-bond acceptors (Lipinski definition) is 1. The lowest BCUT2D eigenvalue weighted by Gasteiger charge is -2.11. The van der Waals surface area contributed by atoms with Crippen LogP contribution in [0.3, 0.4) is 0 Å². The third-order valence-corrected chi connectivity index (χ3v) is 2.90. The van der Waals surface area contributed by atoms with Crippen molar-refractivity contribution in [3.8, 4) is 0 Å². The van der Waals surface area contributed by atoms with Gasteiger partial charge in [0.15, 0.2) is 0 Å². The highest BCUT2D eigenvalue weighted by Gasteiger charge is 2.04. The van der Waals surface area contributed by atoms with Crippen LogP contribution in [0.5, 0.6) is 0 Å². The minimum Gasteiger partial charge on any atom is -0.343 e. The molecule has 0 aliphatic rings. The molecule has 0 aliphatic carbocycles. The molecule has 86 valence electrons. The fraction of sp³-hybridized carbons (Fsp3) is 0.250. The van der Waals surface area contributed by atoms with E-state index in [-0.39, 0.29) is 5.91 Å². The Morgan fingerprint density at radius 1 is 1.38 bits per heavy atom. The molecule has 0 unspecified atom stereocenters. The topological polar surface area (TPSA) is 20.3 Å². The SMILES string of the molecule is CCN(C)C(=O)/C=C/c1c(Cl)cccc1Cl. The molecule has 0 spiro atoms. The average Bonchev–Trinajstić information content (AvgIpc) is 2.27. The molecular weight excluding hydrogens is 245 g/mol. The molecule has 16 heavy (non-hydrogen) atoms. The second-order valence-electron chi connectivity index (χ2n) is 3.32. The Morgan fingerprint density at radius 3 is 2.44 bits per heavy atom. The standard InChI is InChI=1S/C12H13Cl2NO/c1-3-15(2)12(16)8-7-9-10(13)5-4-6-11(9)14/h4-8H,3H2,1-2H3/b8-7+. The first-order valence-corrected chi connectivity index (χ1v) is 5.69. The number of benzene rings is 1. The Bertz CT molecular complexity index is 395. The number of rotatable bonds is 3. The first kappa shape index (κ1) is 13.1. The van der Waals surface area contributed by atoms with Crippen molar-refractivity contribution < 1.29 is 4.79 Å². The molecule has 1 amide bonds. The highest BCUT2D eigenvalue weighted by molar-refractivity contribution is 6.37. The van der Waals surface area contributed by atoms with Gasteiger partial charge in [0.05, 0.1) is 0 Å². The molecule has 0 saturated heterocycles. The molecule has 0 atom stereocenters. The van der Waals surface area contributed by atoms with Crippen molar-refractivity contribution in [1.82, 2.24) is 4.90 Å². The highest BCUT2D eigenvalue weighted by Crippen LogP contribution is 2.25. The van der Waals surface area contributed by atoms with Crippen molar-refractivity contribution in [1.29, 1.82) is 0 Å². The zero-order valence-electron chi connectivity index (χ0n) is 9.21. The number of amides is 1. The smallest absolute Gasteiger partial charge is 0.246 e. The van der Waals surface area contributed by atoms with Crippen molar-refractivity contribution in [2.75, 3.05) is 13.6 Å². The van der Waals surface area contributed by atoms with Crippen LogP contribution in [0.1, 0.15) is 12.5 Å². The van der Waals surface area contributed by atoms with Crippen molar-refractivity contribution >= 4 is 35.2 Å². The van der Waals surface area contributed by atoms with E-state index in [1.54, 1.807) is 36.2 Å². The van der Waals surface area contributed by atoms with Gasteiger partial charge in [-0.05, 0) is 25.1 Å². The normalized spacial score (nSPS) is 10.8. The monoisotopic (exact) mass is 257 g/mol. The van der Waals surface area contributed by atoms with Gasteiger partial charge in [0, 0.05) is 35.3 Å². The van der Waals surface area contributed by atoms with Gasteiger partial charge in [-0.15, -0.1) is 0 Å². The minimum atomic E-state index is -0.0708. The quantitative estimate of drug-likeness (QED) is 0.760. The summed E-state index contributed by atoms with van der Waals surface area (Å²) in [6.07, 6.45) is 3.11. The number of carbonyl (C=O) groups excluding carboxylic acids is 1. The molecule has 0 bridgehead atoms. The Labute approximate surface area is 105 Å². The Kier molecular flexibility index (Phi) is 4.84. The van der Waals surface area contributed by atoms with Crippen LogP contribution in [0.25, 0.3) is 6.08 Å². The fourth-order valence-corrected chi connectivity index (χ4v) is 1.63. The van der Waals surface area contributed by atoms with Crippen molar-refractivity contribution in [3.05, 3.63) is 39.9 Å². The van der Waals surface area contributed by atoms with Gasteiger partial charge in [0.2, 0.25) is 5.91 Å². The van der Waals surface area contributed by atoms with Crippen LogP contribution >= 0.6 is 23.2 Å². The molecule has 0 aromatic heterocycles. The van der Waals surface area contributed by atoms with E-state index in [1.165, 1.54) is 6.08 Å². The molecule has 0 fully saturated rings. The molecule has 0 radical (unpaired) electrons. The minimum absolute atomic E-state index is 0.0708. The van der Waals surface area contributed by atoms with Crippen LogP contribution in [0.2, 0.25) is 10.0 Å². The van der Waals surface area contributed by atoms with Crippen molar-refractivity contribution in [3.63, 3.8) is 0 Å². The molecule has 0 saturated carbocycles. The molecule has 2 nitrogen and oxygen atoms in total. The van der Waals surface area contributed by atoms with Crippen LogP contribution in [0, 0.1) is 0 Å². The largest absolute Gasteiger partial charge is 0.343 e. The second-order valence-corrected chi connectivity index (χ2v) is 4.14. The van der Waals surface area contributed by atoms with E-state index in [1.807, 2.05) is 6.92 Å². The van der Waals surface area contributed by atoms with Gasteiger partial charge in [-0.2, -0.15) is 0 Å². The maximum atomic E-state index is 11.5. The average molecular weight is 258 g/mol. The van der Waals surface area contributed by atoms with Gasteiger partial charge < -0.3 is 4.90 Å². The zero-order valence-corrected chi connectivity index (χ0v) is 10.7. The van der Waals surface area contributed by atoms with Crippen molar-refractivity contribution in [2.24, 2.45) is 0 Å². The molecule has 0 aliphatic heterocycles. The van der Waals surface area contributed by atoms with Gasteiger partial charge in [-0.1, -0.05) is 29.3 Å². The molecule has 0 heterocycles. The van der Waals surface area contributed by atoms with Gasteiger partial charge in [-0.3, -0.25) is 4.79 Å². The van der Waals surface area contributed by atoms with Gasteiger partial charge >= 0.3 is 0 Å². The number of likely N-dealkylation sites (N-methyl/N-ethyl adjacent to an activating group) is 1. The zero-order chi connectivity index (χ0) is 12.1. The maximum Gasteiger partial charge on any atom is 0.246 e. The summed E-state index contributed by atoms with van der Waals surface area (Å²) in [5, 5.41) is 1.08. The highest BCUT2D eigenvalue weighted by atomic mass is 35.5. The van der Waals surface area contributed by atoms with E-state index < -0.39 is 0 Å². The first-order chi connectivity index (χ1) is 7.56. The summed E-state index contributed by atoms with van der Waals surface area (Å²) in [6, 6.07) is 5.24. The summed E-state index contributed by atoms with van der Waals surface area (Å²) in [5.41, 5.74) is 0.670. The molecule has 1 aromatic rings. The summed E-state index contributed by atoms with van der Waals surface area (Å²) in [7, 11) is 1.74. The predicted molar refractivity (Wildman–Crippen MR) is 68.8 cm³/mol. The maximum absolute atomic E-state index is 11.5. The second kappa shape index (κ2) is 5.92. The van der Waals surface area contributed by atoms with Gasteiger partial charge in [0.25, 0.3) is 0 Å². The lowest BCUT2D eigenvalue weighted by Crippen LogP contribution is -2.23. The number of hydrogen-bond donors (Lipinski definition) is 0. The van der Waals surface area contributed by atoms with E-state index in [0.717, 1.165) is 0 Å². The van der Waals surface area contributed by atoms with Crippen LogP contribution in [-0.4, -0.2) is 24.4 Å². The number of carbonyl (C=O) groups is 1. The summed E-state index contributed by atoms with van der Waals surface area (Å²) < 4.78 is 0. The van der Waals surface area contributed by atoms with Crippen LogP contribution < -0.4 is 0 Å². The van der Waals surface area contributed by atoms with Gasteiger partial charge in [-0.25, -0.2) is 0 Å². The summed E-state index contributed by atoms with van der Waals surface area (Å²) >= 11 is 11.9. The number of nitrogens with zero attached hydrogens (tertiary/aromatic N) is 1. The fourth-order valence-electron chi connectivity index (χ4n) is 1.11. The predicted octanol–water partition coefficient (Wildman–Crippen LogP) is 3.48. The van der Waals surface area contributed by atoms with Crippen molar-refractivity contribution in [2.45, 2.75) is 6.92 Å². The molecule has 1 rings (SSSR count). The van der Waals surface area contributed by atoms with Crippen LogP contribution in [-0.2, 0) is 4.79 Å². The van der Waals surface area contributed by atoms with E-state index >= 15 is 0 Å². The summed E-state index contributed by atoms with van der Waals surface area (Å²) in [5.74, 6) is -0.0708. The van der Waals surface area contributed by atoms with E-state index in [4.69, 9.17) is 23.2 Å². The van der Waals surface area contributed by atoms with Gasteiger partial charge in [0.1, 0.15) is 0 Å². The van der Waals surface area contributed by atoms with E-state index in [2.05, 4.69) is 0 Å². The Hall–Kier alpha value is -0.990. The summed E-state index contributed by atoms with van der Waals surface area (Å²) in [6.45, 7) is 2.58. The Morgan fingerprint density at radius 2 is 1.94 bits per heavy atom. The van der Waals surface area contributed by atoms with Crippen LogP contribution in [0.4, 0.5) is 0 Å².